The van der Waals surface area contributed by atoms with E-state index < -0.39 is 0 Å². The molecular weight excluding hydrogens is 231 g/mol. The third kappa shape index (κ3) is 4.83. The molecular formula is C11H18Cl2N2. The molecule has 1 aromatic heterocycles. The number of nitrogens with one attached hydrogen (secondary N) is 1. The number of aromatic nitrogens is 1. The van der Waals surface area contributed by atoms with E-state index in [1.807, 2.05) is 18.5 Å². The molecule has 0 spiro atoms. The summed E-state index contributed by atoms with van der Waals surface area (Å²) < 4.78 is 0. The second-order valence-electron chi connectivity index (χ2n) is 3.78. The van der Waals surface area contributed by atoms with Gasteiger partial charge in [0, 0.05) is 12.4 Å². The Morgan fingerprint density at radius 3 is 2.87 bits per heavy atom. The molecule has 0 aromatic carbocycles. The van der Waals surface area contributed by atoms with Crippen LogP contribution in [0.3, 0.4) is 0 Å². The van der Waals surface area contributed by atoms with Crippen molar-refractivity contribution in [3.05, 3.63) is 30.1 Å². The van der Waals surface area contributed by atoms with Crippen LogP contribution in [0.25, 0.3) is 0 Å². The summed E-state index contributed by atoms with van der Waals surface area (Å²) in [5.74, 6) is 0.818. The van der Waals surface area contributed by atoms with Gasteiger partial charge < -0.3 is 5.32 Å². The molecule has 15 heavy (non-hydrogen) atoms. The van der Waals surface area contributed by atoms with Gasteiger partial charge in [0.2, 0.25) is 0 Å². The second-order valence-corrected chi connectivity index (χ2v) is 3.78. The number of hydrogen-bond donors (Lipinski definition) is 1. The molecule has 1 aromatic rings. The van der Waals surface area contributed by atoms with Crippen LogP contribution in [0, 0.1) is 5.92 Å². The van der Waals surface area contributed by atoms with E-state index in [4.69, 9.17) is 0 Å². The lowest BCUT2D eigenvalue weighted by Crippen LogP contribution is -2.30. The number of hydrogen-bond acceptors (Lipinski definition) is 2. The van der Waals surface area contributed by atoms with Crippen molar-refractivity contribution in [1.82, 2.24) is 10.3 Å². The average molecular weight is 249 g/mol. The van der Waals surface area contributed by atoms with Crippen LogP contribution in [-0.4, -0.2) is 18.1 Å². The molecule has 0 bridgehead atoms. The van der Waals surface area contributed by atoms with Crippen molar-refractivity contribution in [2.75, 3.05) is 13.1 Å². The van der Waals surface area contributed by atoms with E-state index in [-0.39, 0.29) is 24.8 Å². The fourth-order valence-corrected chi connectivity index (χ4v) is 1.95. The van der Waals surface area contributed by atoms with Gasteiger partial charge in [-0.2, -0.15) is 0 Å². The molecule has 0 aliphatic carbocycles. The van der Waals surface area contributed by atoms with Crippen molar-refractivity contribution in [3.63, 3.8) is 0 Å². The maximum absolute atomic E-state index is 4.13. The van der Waals surface area contributed by atoms with Crippen LogP contribution in [-0.2, 0) is 6.42 Å². The Hall–Kier alpha value is -0.310. The van der Waals surface area contributed by atoms with Crippen LogP contribution in [0.15, 0.2) is 24.5 Å². The van der Waals surface area contributed by atoms with Crippen molar-refractivity contribution >= 4 is 24.8 Å². The molecule has 0 amide bonds. The van der Waals surface area contributed by atoms with E-state index in [1.54, 1.807) is 0 Å². The zero-order valence-corrected chi connectivity index (χ0v) is 10.3. The van der Waals surface area contributed by atoms with Crippen LogP contribution in [0.4, 0.5) is 0 Å². The van der Waals surface area contributed by atoms with Crippen molar-refractivity contribution in [2.45, 2.75) is 19.3 Å². The predicted octanol–water partition coefficient (Wildman–Crippen LogP) is 2.47. The number of nitrogens with zero attached hydrogens (tertiary/aromatic N) is 1. The first-order valence-corrected chi connectivity index (χ1v) is 5.05. The molecule has 0 radical (unpaired) electrons. The summed E-state index contributed by atoms with van der Waals surface area (Å²) in [6, 6.07) is 4.19. The van der Waals surface area contributed by atoms with Gasteiger partial charge in [0.1, 0.15) is 0 Å². The van der Waals surface area contributed by atoms with Crippen LogP contribution in [0.1, 0.15) is 18.4 Å². The van der Waals surface area contributed by atoms with Crippen LogP contribution in [0.2, 0.25) is 0 Å². The molecule has 2 heterocycles. The van der Waals surface area contributed by atoms with Gasteiger partial charge in [0.15, 0.2) is 0 Å². The Balaban J connectivity index is 0.000000980. The molecule has 1 fully saturated rings. The Kier molecular flexibility index (Phi) is 7.75. The highest BCUT2D eigenvalue weighted by atomic mass is 35.5. The summed E-state index contributed by atoms with van der Waals surface area (Å²) in [5.41, 5.74) is 1.37. The lowest BCUT2D eigenvalue weighted by molar-refractivity contribution is 0.376. The molecule has 4 heteroatoms. The lowest BCUT2D eigenvalue weighted by Gasteiger charge is -2.22. The van der Waals surface area contributed by atoms with Gasteiger partial charge in [0.25, 0.3) is 0 Å². The molecule has 2 nitrogen and oxygen atoms in total. The fraction of sp³-hybridized carbons (Fsp3) is 0.545. The minimum absolute atomic E-state index is 0. The van der Waals surface area contributed by atoms with Crippen LogP contribution < -0.4 is 5.32 Å². The van der Waals surface area contributed by atoms with Gasteiger partial charge in [-0.1, -0.05) is 6.07 Å². The standard InChI is InChI=1S/C11H16N2.2ClH/c1-3-10(8-12-5-1)7-11-4-2-6-13-9-11;;/h1,3,5,8,11,13H,2,4,6-7,9H2;2*1H. The van der Waals surface area contributed by atoms with E-state index in [1.165, 1.54) is 37.9 Å². The minimum Gasteiger partial charge on any atom is -0.316 e. The molecule has 1 unspecified atom stereocenters. The summed E-state index contributed by atoms with van der Waals surface area (Å²) in [6.07, 6.45) is 7.69. The minimum atomic E-state index is 0. The second kappa shape index (κ2) is 7.91. The number of halogens is 2. The van der Waals surface area contributed by atoms with Crippen LogP contribution >= 0.6 is 24.8 Å². The Morgan fingerprint density at radius 2 is 2.27 bits per heavy atom. The number of piperidine rings is 1. The van der Waals surface area contributed by atoms with Gasteiger partial charge in [-0.25, -0.2) is 0 Å². The maximum Gasteiger partial charge on any atom is 0.0299 e. The highest BCUT2D eigenvalue weighted by molar-refractivity contribution is 5.85. The highest BCUT2D eigenvalue weighted by Gasteiger charge is 2.12. The zero-order chi connectivity index (χ0) is 8.93. The first kappa shape index (κ1) is 14.7. The van der Waals surface area contributed by atoms with Crippen molar-refractivity contribution < 1.29 is 0 Å². The summed E-state index contributed by atoms with van der Waals surface area (Å²) in [4.78, 5) is 4.13. The Morgan fingerprint density at radius 1 is 1.40 bits per heavy atom. The van der Waals surface area contributed by atoms with Crippen molar-refractivity contribution in [1.29, 1.82) is 0 Å². The van der Waals surface area contributed by atoms with E-state index in [2.05, 4.69) is 16.4 Å². The van der Waals surface area contributed by atoms with Gasteiger partial charge in [-0.05, 0) is 49.9 Å². The normalized spacial score (nSPS) is 19.9. The van der Waals surface area contributed by atoms with E-state index in [0.29, 0.717) is 0 Å². The smallest absolute Gasteiger partial charge is 0.0299 e. The molecule has 1 N–H and O–H groups in total. The van der Waals surface area contributed by atoms with Gasteiger partial charge in [0.05, 0.1) is 0 Å². The number of pyridine rings is 1. The molecule has 1 atom stereocenters. The third-order valence-corrected chi connectivity index (χ3v) is 2.65. The van der Waals surface area contributed by atoms with E-state index in [0.717, 1.165) is 5.92 Å². The molecule has 2 rings (SSSR count). The van der Waals surface area contributed by atoms with Crippen molar-refractivity contribution in [2.24, 2.45) is 5.92 Å². The maximum atomic E-state index is 4.13. The zero-order valence-electron chi connectivity index (χ0n) is 8.69. The quantitative estimate of drug-likeness (QED) is 0.870. The molecule has 1 aliphatic rings. The predicted molar refractivity (Wildman–Crippen MR) is 68.0 cm³/mol. The number of rotatable bonds is 2. The summed E-state index contributed by atoms with van der Waals surface area (Å²) >= 11 is 0. The molecule has 0 saturated carbocycles. The molecule has 86 valence electrons. The Bertz CT molecular complexity index is 248. The first-order chi connectivity index (χ1) is 6.45. The van der Waals surface area contributed by atoms with Crippen LogP contribution in [0.5, 0.6) is 0 Å². The molecule has 1 saturated heterocycles. The van der Waals surface area contributed by atoms with Gasteiger partial charge in [-0.3, -0.25) is 4.98 Å². The van der Waals surface area contributed by atoms with E-state index in [9.17, 15) is 0 Å². The van der Waals surface area contributed by atoms with E-state index >= 15 is 0 Å². The Labute approximate surface area is 104 Å². The highest BCUT2D eigenvalue weighted by Crippen LogP contribution is 2.15. The largest absolute Gasteiger partial charge is 0.316 e. The van der Waals surface area contributed by atoms with Gasteiger partial charge >= 0.3 is 0 Å². The van der Waals surface area contributed by atoms with Crippen molar-refractivity contribution in [3.8, 4) is 0 Å². The first-order valence-electron chi connectivity index (χ1n) is 5.05. The summed E-state index contributed by atoms with van der Waals surface area (Å²) in [6.45, 7) is 2.37. The monoisotopic (exact) mass is 248 g/mol. The SMILES string of the molecule is Cl.Cl.c1cncc(CC2CCCNC2)c1. The molecule has 1 aliphatic heterocycles. The summed E-state index contributed by atoms with van der Waals surface area (Å²) in [5, 5.41) is 3.43. The topological polar surface area (TPSA) is 24.9 Å². The average Bonchev–Trinajstić information content (AvgIpc) is 2.21. The summed E-state index contributed by atoms with van der Waals surface area (Å²) in [7, 11) is 0. The fourth-order valence-electron chi connectivity index (χ4n) is 1.95. The lowest BCUT2D eigenvalue weighted by atomic mass is 9.93. The third-order valence-electron chi connectivity index (χ3n) is 2.65. The van der Waals surface area contributed by atoms with Gasteiger partial charge in [-0.15, -0.1) is 24.8 Å².